The number of ether oxygens (including phenoxy) is 1. The minimum atomic E-state index is -1.06. The fourth-order valence-corrected chi connectivity index (χ4v) is 6.05. The van der Waals surface area contributed by atoms with Gasteiger partial charge in [-0.15, -0.1) is 0 Å². The summed E-state index contributed by atoms with van der Waals surface area (Å²) in [5.41, 5.74) is 0.189. The van der Waals surface area contributed by atoms with E-state index in [4.69, 9.17) is 15.0 Å². The van der Waals surface area contributed by atoms with Crippen molar-refractivity contribution in [1.29, 1.82) is 5.26 Å². The Morgan fingerprint density at radius 3 is 2.55 bits per heavy atom. The van der Waals surface area contributed by atoms with Gasteiger partial charge in [0.05, 0.1) is 17.7 Å². The van der Waals surface area contributed by atoms with Gasteiger partial charge in [0.15, 0.2) is 0 Å². The predicted molar refractivity (Wildman–Crippen MR) is 149 cm³/mol. The van der Waals surface area contributed by atoms with Gasteiger partial charge in [0, 0.05) is 38.4 Å². The average Bonchev–Trinajstić information content (AvgIpc) is 3.33. The molecule has 4 rings (SSSR count). The molecule has 0 bridgehead atoms. The van der Waals surface area contributed by atoms with Crippen molar-refractivity contribution in [3.63, 3.8) is 0 Å². The van der Waals surface area contributed by atoms with Crippen molar-refractivity contribution in [3.8, 4) is 6.07 Å². The standard InChI is InChI=1S/C28H41N7O5/c1-18-11-14-33(23(36)10-13-29)16-22(18)32(5)24-21-12-15-34(27(38)39)25(21)35(17-30-24)20-8-6-19(7-9-20)31-26(37)40-28(2,3)4/h12,15,18-20,22H,6-11,14,16-17H2,1-5H3,(H,31,37)(H,38,39)/t18-,19?,20?,22+/m1/s1. The fraction of sp³-hybridized carbons (Fsp3) is 0.679. The molecule has 0 spiro atoms. The molecule has 218 valence electrons. The average molecular weight is 556 g/mol. The molecule has 1 aliphatic carbocycles. The fourth-order valence-electron chi connectivity index (χ4n) is 6.05. The molecule has 2 fully saturated rings. The van der Waals surface area contributed by atoms with Gasteiger partial charge >= 0.3 is 12.2 Å². The van der Waals surface area contributed by atoms with E-state index in [2.05, 4.69) is 22.0 Å². The number of aromatic nitrogens is 1. The quantitative estimate of drug-likeness (QED) is 0.575. The number of alkyl carbamates (subject to hydrolysis) is 1. The summed E-state index contributed by atoms with van der Waals surface area (Å²) in [5.74, 6) is 1.43. The highest BCUT2D eigenvalue weighted by atomic mass is 16.6. The number of nitriles is 1. The van der Waals surface area contributed by atoms with Crippen molar-refractivity contribution in [2.75, 3.05) is 31.7 Å². The second-order valence-corrected chi connectivity index (χ2v) is 12.1. The molecule has 3 aliphatic rings. The topological polar surface area (TPSA) is 143 Å². The van der Waals surface area contributed by atoms with Crippen LogP contribution in [-0.2, 0) is 9.53 Å². The van der Waals surface area contributed by atoms with Gasteiger partial charge in [-0.1, -0.05) is 6.92 Å². The van der Waals surface area contributed by atoms with Gasteiger partial charge in [-0.3, -0.25) is 4.79 Å². The Bertz CT molecular complexity index is 1190. The number of carbonyl (C=O) groups excluding carboxylic acids is 2. The summed E-state index contributed by atoms with van der Waals surface area (Å²) in [4.78, 5) is 47.7. The summed E-state index contributed by atoms with van der Waals surface area (Å²) in [6.45, 7) is 9.08. The summed E-state index contributed by atoms with van der Waals surface area (Å²) < 4.78 is 6.66. The zero-order valence-corrected chi connectivity index (χ0v) is 24.1. The third-order valence-electron chi connectivity index (χ3n) is 8.14. The molecule has 1 aromatic heterocycles. The number of piperidine rings is 1. The highest BCUT2D eigenvalue weighted by Crippen LogP contribution is 2.35. The monoisotopic (exact) mass is 555 g/mol. The lowest BCUT2D eigenvalue weighted by Gasteiger charge is -2.45. The zero-order valence-electron chi connectivity index (χ0n) is 24.1. The summed E-state index contributed by atoms with van der Waals surface area (Å²) in [6, 6.07) is 3.81. The Morgan fingerprint density at radius 2 is 1.93 bits per heavy atom. The number of nitrogens with one attached hydrogen (secondary N) is 1. The van der Waals surface area contributed by atoms with E-state index in [0.717, 1.165) is 37.7 Å². The number of nitrogens with zero attached hydrogens (tertiary/aromatic N) is 6. The van der Waals surface area contributed by atoms with Gasteiger partial charge in [-0.2, -0.15) is 5.26 Å². The van der Waals surface area contributed by atoms with Crippen LogP contribution in [0.5, 0.6) is 0 Å². The van der Waals surface area contributed by atoms with Crippen LogP contribution in [0.2, 0.25) is 0 Å². The van der Waals surface area contributed by atoms with Crippen molar-refractivity contribution in [2.24, 2.45) is 10.9 Å². The summed E-state index contributed by atoms with van der Waals surface area (Å²) in [6.07, 6.45) is 3.84. The number of fused-ring (bicyclic) bond motifs is 1. The minimum Gasteiger partial charge on any atom is -0.464 e. The van der Waals surface area contributed by atoms with Gasteiger partial charge in [-0.25, -0.2) is 19.1 Å². The number of anilines is 1. The molecule has 1 saturated carbocycles. The Morgan fingerprint density at radius 1 is 1.23 bits per heavy atom. The molecule has 2 atom stereocenters. The third kappa shape index (κ3) is 6.35. The summed E-state index contributed by atoms with van der Waals surface area (Å²) in [5, 5.41) is 21.9. The maximum absolute atomic E-state index is 12.4. The molecular weight excluding hydrogens is 514 g/mol. The molecule has 0 radical (unpaired) electrons. The molecule has 40 heavy (non-hydrogen) atoms. The lowest BCUT2D eigenvalue weighted by atomic mass is 9.89. The largest absolute Gasteiger partial charge is 0.464 e. The number of rotatable bonds is 4. The van der Waals surface area contributed by atoms with Crippen LogP contribution in [0.3, 0.4) is 0 Å². The number of carbonyl (C=O) groups is 3. The zero-order chi connectivity index (χ0) is 29.2. The molecule has 0 aromatic carbocycles. The second kappa shape index (κ2) is 11.8. The second-order valence-electron chi connectivity index (χ2n) is 12.1. The van der Waals surface area contributed by atoms with Crippen LogP contribution in [0.15, 0.2) is 17.3 Å². The first-order chi connectivity index (χ1) is 18.9. The third-order valence-corrected chi connectivity index (χ3v) is 8.14. The summed E-state index contributed by atoms with van der Waals surface area (Å²) in [7, 11) is 1.95. The van der Waals surface area contributed by atoms with E-state index in [1.165, 1.54) is 4.57 Å². The van der Waals surface area contributed by atoms with E-state index >= 15 is 0 Å². The SMILES string of the molecule is C[C@@H]1CCN(C(=O)CC#N)C[C@@H]1N(C)C1=NCN(C2CCC(NC(=O)OC(C)(C)C)CC2)c2c1ccn2C(=O)O. The molecule has 0 unspecified atom stereocenters. The van der Waals surface area contributed by atoms with Crippen molar-refractivity contribution in [2.45, 2.75) is 89.9 Å². The highest BCUT2D eigenvalue weighted by Gasteiger charge is 2.38. The highest BCUT2D eigenvalue weighted by molar-refractivity contribution is 6.05. The van der Waals surface area contributed by atoms with E-state index in [-0.39, 0.29) is 36.4 Å². The molecule has 2 N–H and O–H groups in total. The molecule has 3 heterocycles. The van der Waals surface area contributed by atoms with Gasteiger partial charge in [0.25, 0.3) is 0 Å². The lowest BCUT2D eigenvalue weighted by molar-refractivity contribution is -0.132. The van der Waals surface area contributed by atoms with E-state index in [1.54, 1.807) is 17.2 Å². The predicted octanol–water partition coefficient (Wildman–Crippen LogP) is 3.46. The Labute approximate surface area is 235 Å². The van der Waals surface area contributed by atoms with E-state index in [0.29, 0.717) is 31.4 Å². The molecular formula is C28H41N7O5. The number of amides is 2. The molecule has 1 aromatic rings. The molecule has 2 amide bonds. The molecule has 1 saturated heterocycles. The smallest absolute Gasteiger partial charge is 0.417 e. The van der Waals surface area contributed by atoms with Crippen LogP contribution < -0.4 is 10.2 Å². The number of carboxylic acid groups (broad SMARTS) is 1. The first-order valence-electron chi connectivity index (χ1n) is 14.0. The first kappa shape index (κ1) is 29.2. The Balaban J connectivity index is 1.50. The van der Waals surface area contributed by atoms with Crippen LogP contribution in [0.4, 0.5) is 15.4 Å². The Kier molecular flexibility index (Phi) is 8.61. The number of amidine groups is 1. The van der Waals surface area contributed by atoms with Crippen molar-refractivity contribution >= 4 is 29.7 Å². The number of hydrogen-bond acceptors (Lipinski definition) is 8. The van der Waals surface area contributed by atoms with Crippen LogP contribution in [0.1, 0.15) is 71.8 Å². The lowest BCUT2D eigenvalue weighted by Crippen LogP contribution is -2.55. The van der Waals surface area contributed by atoms with Gasteiger partial charge in [0.2, 0.25) is 5.91 Å². The van der Waals surface area contributed by atoms with Crippen LogP contribution in [0.25, 0.3) is 0 Å². The van der Waals surface area contributed by atoms with Gasteiger partial charge in [-0.05, 0) is 64.9 Å². The number of likely N-dealkylation sites (N-methyl/N-ethyl adjacent to an activating group) is 1. The molecule has 12 nitrogen and oxygen atoms in total. The number of likely N-dealkylation sites (tertiary alicyclic amines) is 1. The molecule has 12 heteroatoms. The van der Waals surface area contributed by atoms with Crippen molar-refractivity contribution in [3.05, 3.63) is 17.8 Å². The maximum Gasteiger partial charge on any atom is 0.417 e. The molecule has 2 aliphatic heterocycles. The van der Waals surface area contributed by atoms with Crippen molar-refractivity contribution in [1.82, 2.24) is 19.7 Å². The van der Waals surface area contributed by atoms with Crippen LogP contribution in [-0.4, -0.2) is 93.9 Å². The van der Waals surface area contributed by atoms with Crippen molar-refractivity contribution < 1.29 is 24.2 Å². The minimum absolute atomic E-state index is 0.00583. The van der Waals surface area contributed by atoms with E-state index in [1.807, 2.05) is 33.9 Å². The number of hydrogen-bond donors (Lipinski definition) is 2. The Hall–Kier alpha value is -3.75. The van der Waals surface area contributed by atoms with Crippen LogP contribution in [0, 0.1) is 17.2 Å². The summed E-state index contributed by atoms with van der Waals surface area (Å²) >= 11 is 0. The first-order valence-corrected chi connectivity index (χ1v) is 14.0. The van der Waals surface area contributed by atoms with E-state index < -0.39 is 17.8 Å². The number of aliphatic imine (C=N–C) groups is 1. The van der Waals surface area contributed by atoms with Crippen LogP contribution >= 0.6 is 0 Å². The van der Waals surface area contributed by atoms with Gasteiger partial charge in [0.1, 0.15) is 30.3 Å². The normalized spacial score (nSPS) is 24.9. The maximum atomic E-state index is 12.4. The van der Waals surface area contributed by atoms with E-state index in [9.17, 15) is 19.5 Å². The van der Waals surface area contributed by atoms with Gasteiger partial charge < -0.3 is 29.9 Å².